The van der Waals surface area contributed by atoms with Crippen molar-refractivity contribution in [2.45, 2.75) is 77.4 Å². The summed E-state index contributed by atoms with van der Waals surface area (Å²) in [5, 5.41) is 0. The molecule has 0 spiro atoms. The molecule has 1 aliphatic heterocycles. The Bertz CT molecular complexity index is 424. The summed E-state index contributed by atoms with van der Waals surface area (Å²) in [6.07, 6.45) is 9.62. The van der Waals surface area contributed by atoms with Gasteiger partial charge in [0.05, 0.1) is 6.61 Å². The molecule has 0 aromatic carbocycles. The van der Waals surface area contributed by atoms with E-state index in [1.54, 1.807) is 0 Å². The maximum atomic E-state index is 5.83. The van der Waals surface area contributed by atoms with E-state index in [4.69, 9.17) is 9.47 Å². The third-order valence-corrected chi connectivity index (χ3v) is 10.5. The van der Waals surface area contributed by atoms with E-state index in [0.717, 1.165) is 32.6 Å². The third-order valence-electron chi connectivity index (χ3n) is 5.13. The van der Waals surface area contributed by atoms with E-state index < -0.39 is 8.07 Å². The van der Waals surface area contributed by atoms with E-state index in [9.17, 15) is 0 Å². The molecule has 0 N–H and O–H groups in total. The average Bonchev–Trinajstić information content (AvgIpc) is 3.04. The second kappa shape index (κ2) is 10.7. The van der Waals surface area contributed by atoms with Gasteiger partial charge in [0.15, 0.2) is 6.29 Å². The molecule has 1 aliphatic rings. The molecule has 1 unspecified atom stereocenters. The second-order valence-corrected chi connectivity index (χ2v) is 11.4. The molecule has 126 valence electrons. The predicted molar refractivity (Wildman–Crippen MR) is 92.1 cm³/mol. The summed E-state index contributed by atoms with van der Waals surface area (Å²) in [6.45, 7) is 9.53. The van der Waals surface area contributed by atoms with Crippen LogP contribution >= 0.6 is 0 Å². The molecule has 6 heteroatoms. The number of rotatable bonds is 9. The molecule has 0 bridgehead atoms. The fraction of sp³-hybridized carbons (Fsp3) is 0.824. The van der Waals surface area contributed by atoms with E-state index in [-0.39, 0.29) is 25.2 Å². The van der Waals surface area contributed by atoms with E-state index in [2.05, 4.69) is 36.5 Å². The molecule has 4 nitrogen and oxygen atoms in total. The molecular weight excluding hydrogens is 299 g/mol. The molecular formula is C17H31LiN2O2Si. The van der Waals surface area contributed by atoms with Crippen LogP contribution < -0.4 is 24.3 Å². The number of imidazole rings is 1. The topological polar surface area (TPSA) is 36.3 Å². The first kappa shape index (κ1) is 21.0. The number of aromatic nitrogens is 2. The normalized spacial score (nSPS) is 18.7. The van der Waals surface area contributed by atoms with Gasteiger partial charge in [-0.2, -0.15) is 6.20 Å². The van der Waals surface area contributed by atoms with E-state index in [0.29, 0.717) is 0 Å². The van der Waals surface area contributed by atoms with Crippen molar-refractivity contribution in [1.29, 1.82) is 0 Å². The van der Waals surface area contributed by atoms with Crippen LogP contribution in [0.5, 0.6) is 0 Å². The van der Waals surface area contributed by atoms with Gasteiger partial charge in [0, 0.05) is 14.7 Å². The fourth-order valence-electron chi connectivity index (χ4n) is 3.39. The van der Waals surface area contributed by atoms with E-state index >= 15 is 0 Å². The molecule has 1 fully saturated rings. The van der Waals surface area contributed by atoms with Gasteiger partial charge in [0.25, 0.3) is 0 Å². The second-order valence-electron chi connectivity index (χ2n) is 6.22. The quantitative estimate of drug-likeness (QED) is 0.372. The zero-order valence-electron chi connectivity index (χ0n) is 15.4. The summed E-state index contributed by atoms with van der Waals surface area (Å²) in [5.41, 5.74) is 1.33. The Balaban J connectivity index is 0.00000264. The number of nitrogens with zero attached hydrogens (tertiary/aromatic N) is 2. The smallest absolute Gasteiger partial charge is 0.500 e. The Morgan fingerprint density at radius 2 is 2.04 bits per heavy atom. The van der Waals surface area contributed by atoms with Crippen molar-refractivity contribution < 1.29 is 28.3 Å². The number of hydrogen-bond acceptors (Lipinski definition) is 3. The van der Waals surface area contributed by atoms with Gasteiger partial charge < -0.3 is 19.0 Å². The largest absolute Gasteiger partial charge is 1.00 e. The van der Waals surface area contributed by atoms with Gasteiger partial charge in [0.1, 0.15) is 0 Å². The fourth-order valence-corrected chi connectivity index (χ4v) is 6.92. The average molecular weight is 330 g/mol. The number of hydrogen-bond donors (Lipinski definition) is 0. The zero-order chi connectivity index (χ0) is 15.8. The van der Waals surface area contributed by atoms with Crippen LogP contribution in [-0.4, -0.2) is 37.1 Å². The summed E-state index contributed by atoms with van der Waals surface area (Å²) < 4.78 is 13.7. The van der Waals surface area contributed by atoms with Gasteiger partial charge in [-0.05, 0) is 32.2 Å². The van der Waals surface area contributed by atoms with Crippen LogP contribution in [0.1, 0.15) is 46.5 Å². The monoisotopic (exact) mass is 330 g/mol. The van der Waals surface area contributed by atoms with Crippen LogP contribution in [0, 0.1) is 6.20 Å². The first-order chi connectivity index (χ1) is 10.8. The van der Waals surface area contributed by atoms with E-state index in [1.807, 2.05) is 6.20 Å². The van der Waals surface area contributed by atoms with Gasteiger partial charge in [-0.15, -0.1) is 0 Å². The minimum absolute atomic E-state index is 0. The van der Waals surface area contributed by atoms with Crippen LogP contribution in [0.4, 0.5) is 0 Å². The first-order valence-corrected chi connectivity index (χ1v) is 11.5. The molecule has 0 radical (unpaired) electrons. The predicted octanol–water partition coefficient (Wildman–Crippen LogP) is 0.336. The van der Waals surface area contributed by atoms with Gasteiger partial charge in [-0.1, -0.05) is 50.5 Å². The summed E-state index contributed by atoms with van der Waals surface area (Å²) >= 11 is 0. The summed E-state index contributed by atoms with van der Waals surface area (Å²) in [5.74, 6) is 0. The van der Waals surface area contributed by atoms with Crippen molar-refractivity contribution in [3.8, 4) is 0 Å². The van der Waals surface area contributed by atoms with Gasteiger partial charge in [-0.3, -0.25) is 0 Å². The van der Waals surface area contributed by atoms with Crippen LogP contribution in [0.3, 0.4) is 0 Å². The van der Waals surface area contributed by atoms with Crippen molar-refractivity contribution in [1.82, 2.24) is 9.55 Å². The SMILES string of the molecule is CC[Si](CC)(CC)c1nc[c-]n1CCCOC1CCCCO1.[Li+]. The molecule has 1 aromatic heterocycles. The summed E-state index contributed by atoms with van der Waals surface area (Å²) in [4.78, 5) is 4.67. The summed E-state index contributed by atoms with van der Waals surface area (Å²) in [7, 11) is -1.42. The Morgan fingerprint density at radius 1 is 1.30 bits per heavy atom. The molecule has 0 amide bonds. The summed E-state index contributed by atoms with van der Waals surface area (Å²) in [6, 6.07) is 3.78. The molecule has 0 aliphatic carbocycles. The minimum Gasteiger partial charge on any atom is -0.500 e. The molecule has 0 saturated carbocycles. The molecule has 2 heterocycles. The minimum atomic E-state index is -1.42. The molecule has 23 heavy (non-hydrogen) atoms. The van der Waals surface area contributed by atoms with Crippen molar-refractivity contribution in [3.63, 3.8) is 0 Å². The Labute approximate surface area is 154 Å². The first-order valence-electron chi connectivity index (χ1n) is 8.92. The number of ether oxygens (including phenoxy) is 2. The molecule has 2 rings (SSSR count). The molecule has 1 atom stereocenters. The Morgan fingerprint density at radius 3 is 2.65 bits per heavy atom. The van der Waals surface area contributed by atoms with Gasteiger partial charge in [0.2, 0.25) is 0 Å². The molecule has 1 aromatic rings. The standard InChI is InChI=1S/C17H31N2O2Si.Li/c1-4-22(5-2,6-3)17-18-11-13-19(17)12-9-15-21-16-10-7-8-14-20-16;/h11,16H,4-10,12,14-15H2,1-3H3;/q-1;+1. The van der Waals surface area contributed by atoms with Crippen molar-refractivity contribution in [2.75, 3.05) is 13.2 Å². The van der Waals surface area contributed by atoms with Crippen LogP contribution in [-0.2, 0) is 16.0 Å². The van der Waals surface area contributed by atoms with Gasteiger partial charge in [-0.25, -0.2) is 0 Å². The zero-order valence-corrected chi connectivity index (χ0v) is 16.4. The van der Waals surface area contributed by atoms with Crippen molar-refractivity contribution in [3.05, 3.63) is 12.4 Å². The van der Waals surface area contributed by atoms with Crippen LogP contribution in [0.2, 0.25) is 18.1 Å². The van der Waals surface area contributed by atoms with Crippen molar-refractivity contribution in [2.24, 2.45) is 0 Å². The number of aryl methyl sites for hydroxylation is 1. The Hall–Kier alpha value is -0.0557. The van der Waals surface area contributed by atoms with Gasteiger partial charge >= 0.3 is 18.9 Å². The maximum absolute atomic E-state index is 5.83. The van der Waals surface area contributed by atoms with Crippen LogP contribution in [0.25, 0.3) is 0 Å². The Kier molecular flexibility index (Phi) is 9.80. The van der Waals surface area contributed by atoms with Crippen LogP contribution in [0.15, 0.2) is 6.20 Å². The third kappa shape index (κ3) is 5.47. The van der Waals surface area contributed by atoms with Crippen molar-refractivity contribution >= 4 is 13.5 Å². The maximum Gasteiger partial charge on any atom is 1.00 e. The van der Waals surface area contributed by atoms with E-state index in [1.165, 1.54) is 36.4 Å². The molecule has 1 saturated heterocycles.